The zero-order valence-electron chi connectivity index (χ0n) is 17.8. The fourth-order valence-corrected chi connectivity index (χ4v) is 3.98. The molecular weight excluding hydrogens is 398 g/mol. The molecule has 1 N–H and O–H groups in total. The van der Waals surface area contributed by atoms with Gasteiger partial charge in [-0.3, -0.25) is 9.69 Å². The van der Waals surface area contributed by atoms with Crippen LogP contribution in [0.4, 0.5) is 16.4 Å². The fraction of sp³-hybridized carbons (Fsp3) is 0.455. The molecule has 1 unspecified atom stereocenters. The highest BCUT2D eigenvalue weighted by atomic mass is 16.6. The minimum atomic E-state index is -0.544. The highest BCUT2D eigenvalue weighted by Gasteiger charge is 2.34. The van der Waals surface area contributed by atoms with Crippen molar-refractivity contribution in [1.82, 2.24) is 14.9 Å². The van der Waals surface area contributed by atoms with Crippen LogP contribution in [-0.4, -0.2) is 77.4 Å². The summed E-state index contributed by atoms with van der Waals surface area (Å²) >= 11 is 0. The molecule has 4 rings (SSSR count). The van der Waals surface area contributed by atoms with Crippen molar-refractivity contribution in [3.05, 3.63) is 47.3 Å². The summed E-state index contributed by atoms with van der Waals surface area (Å²) in [5.74, 6) is 1.25. The van der Waals surface area contributed by atoms with Gasteiger partial charge < -0.3 is 19.6 Å². The third-order valence-corrected chi connectivity index (χ3v) is 5.80. The molecule has 2 fully saturated rings. The number of nitrogens with zero attached hydrogens (tertiary/aromatic N) is 5. The van der Waals surface area contributed by atoms with Crippen molar-refractivity contribution in [1.29, 1.82) is 0 Å². The summed E-state index contributed by atoms with van der Waals surface area (Å²) in [7, 11) is 0. The van der Waals surface area contributed by atoms with Crippen LogP contribution in [-0.2, 0) is 11.2 Å². The van der Waals surface area contributed by atoms with Gasteiger partial charge in [0.25, 0.3) is 5.91 Å². The van der Waals surface area contributed by atoms with E-state index in [1.807, 2.05) is 11.1 Å². The quantitative estimate of drug-likeness (QED) is 0.777. The van der Waals surface area contributed by atoms with Gasteiger partial charge >= 0.3 is 6.09 Å². The minimum Gasteiger partial charge on any atom is -0.447 e. The van der Waals surface area contributed by atoms with E-state index in [1.165, 1.54) is 16.7 Å². The third kappa shape index (κ3) is 4.18. The number of carbonyl (C=O) groups is 2. The summed E-state index contributed by atoms with van der Waals surface area (Å²) in [6.45, 7) is 6.73. The molecule has 9 nitrogen and oxygen atoms in total. The maximum atomic E-state index is 12.9. The number of hydrogen-bond acceptors (Lipinski definition) is 7. The number of amides is 2. The average molecular weight is 425 g/mol. The first-order valence-corrected chi connectivity index (χ1v) is 10.5. The van der Waals surface area contributed by atoms with Gasteiger partial charge in [-0.05, 0) is 36.6 Å². The van der Waals surface area contributed by atoms with Crippen LogP contribution in [0, 0.1) is 6.92 Å². The maximum Gasteiger partial charge on any atom is 0.416 e. The summed E-state index contributed by atoms with van der Waals surface area (Å²) in [6.07, 6.45) is 3.81. The number of piperazine rings is 1. The van der Waals surface area contributed by atoms with Crippen molar-refractivity contribution >= 4 is 23.6 Å². The van der Waals surface area contributed by atoms with Crippen molar-refractivity contribution in [2.45, 2.75) is 26.3 Å². The van der Waals surface area contributed by atoms with Gasteiger partial charge in [0.05, 0.1) is 18.2 Å². The Labute approximate surface area is 181 Å². The summed E-state index contributed by atoms with van der Waals surface area (Å²) in [6, 6.07) is 4.98. The van der Waals surface area contributed by atoms with E-state index in [-0.39, 0.29) is 19.1 Å². The van der Waals surface area contributed by atoms with Gasteiger partial charge in [-0.15, -0.1) is 0 Å². The van der Waals surface area contributed by atoms with E-state index in [2.05, 4.69) is 34.8 Å². The number of aliphatic hydroxyl groups excluding tert-OH is 1. The molecule has 31 heavy (non-hydrogen) atoms. The highest BCUT2D eigenvalue weighted by Crippen LogP contribution is 2.23. The number of aromatic nitrogens is 2. The molecule has 9 heteroatoms. The molecule has 164 valence electrons. The first-order valence-electron chi connectivity index (χ1n) is 10.5. The lowest BCUT2D eigenvalue weighted by Crippen LogP contribution is -2.49. The van der Waals surface area contributed by atoms with E-state index in [4.69, 9.17) is 4.74 Å². The molecule has 0 radical (unpaired) electrons. The largest absolute Gasteiger partial charge is 0.447 e. The van der Waals surface area contributed by atoms with E-state index in [9.17, 15) is 14.7 Å². The van der Waals surface area contributed by atoms with Crippen molar-refractivity contribution in [3.8, 4) is 0 Å². The number of cyclic esters (lactones) is 1. The Morgan fingerprint density at radius 1 is 1.19 bits per heavy atom. The van der Waals surface area contributed by atoms with Gasteiger partial charge in [0.15, 0.2) is 0 Å². The molecule has 0 aromatic carbocycles. The standard InChI is InChI=1S/C22H27N5O4/c1-3-16-10-15(2)20(24-11-16)25-6-8-26(9-7-25)21(29)17-4-5-19(23-12-17)27-18(13-28)14-31-22(27)30/h4-5,10-12,18,28H,3,6-9,13-14H2,1-2H3. The molecule has 0 aliphatic carbocycles. The molecule has 2 aliphatic rings. The van der Waals surface area contributed by atoms with Crippen LogP contribution in [0.15, 0.2) is 30.6 Å². The molecule has 2 aromatic heterocycles. The fourth-order valence-electron chi connectivity index (χ4n) is 3.98. The molecule has 2 aliphatic heterocycles. The number of anilines is 2. The van der Waals surface area contributed by atoms with E-state index >= 15 is 0 Å². The molecular formula is C22H27N5O4. The second kappa shape index (κ2) is 8.89. The maximum absolute atomic E-state index is 12.9. The van der Waals surface area contributed by atoms with Crippen LogP contribution in [0.25, 0.3) is 0 Å². The number of aliphatic hydroxyl groups is 1. The normalized spacial score (nSPS) is 19.0. The molecule has 4 heterocycles. The Morgan fingerprint density at radius 2 is 1.97 bits per heavy atom. The van der Waals surface area contributed by atoms with Gasteiger partial charge in [0, 0.05) is 38.6 Å². The van der Waals surface area contributed by atoms with Crippen LogP contribution in [0.3, 0.4) is 0 Å². The topological polar surface area (TPSA) is 99.1 Å². The average Bonchev–Trinajstić information content (AvgIpc) is 3.19. The van der Waals surface area contributed by atoms with Crippen molar-refractivity contribution in [2.75, 3.05) is 49.2 Å². The summed E-state index contributed by atoms with van der Waals surface area (Å²) in [5, 5.41) is 9.40. The number of pyridine rings is 2. The monoisotopic (exact) mass is 425 g/mol. The first-order chi connectivity index (χ1) is 15.0. The van der Waals surface area contributed by atoms with Gasteiger partial charge in [-0.2, -0.15) is 0 Å². The van der Waals surface area contributed by atoms with Crippen molar-refractivity contribution in [2.24, 2.45) is 0 Å². The van der Waals surface area contributed by atoms with E-state index in [1.54, 1.807) is 12.1 Å². The van der Waals surface area contributed by atoms with Crippen molar-refractivity contribution < 1.29 is 19.4 Å². The first kappa shape index (κ1) is 21.0. The van der Waals surface area contributed by atoms with Gasteiger partial charge in [-0.25, -0.2) is 14.8 Å². The Balaban J connectivity index is 1.39. The number of ether oxygens (including phenoxy) is 1. The zero-order valence-corrected chi connectivity index (χ0v) is 17.8. The predicted molar refractivity (Wildman–Crippen MR) is 115 cm³/mol. The Kier molecular flexibility index (Phi) is 6.03. The molecule has 1 atom stereocenters. The molecule has 0 spiro atoms. The second-order valence-corrected chi connectivity index (χ2v) is 7.81. The summed E-state index contributed by atoms with van der Waals surface area (Å²) < 4.78 is 4.97. The van der Waals surface area contributed by atoms with Crippen LogP contribution in [0.2, 0.25) is 0 Å². The summed E-state index contributed by atoms with van der Waals surface area (Å²) in [4.78, 5) is 39.0. The lowest BCUT2D eigenvalue weighted by Gasteiger charge is -2.36. The smallest absolute Gasteiger partial charge is 0.416 e. The molecule has 2 saturated heterocycles. The number of carbonyl (C=O) groups excluding carboxylic acids is 2. The molecule has 2 aromatic rings. The van der Waals surface area contributed by atoms with Gasteiger partial charge in [-0.1, -0.05) is 13.0 Å². The Bertz CT molecular complexity index is 957. The summed E-state index contributed by atoms with van der Waals surface area (Å²) in [5.41, 5.74) is 2.84. The Morgan fingerprint density at radius 3 is 2.58 bits per heavy atom. The lowest BCUT2D eigenvalue weighted by molar-refractivity contribution is 0.0746. The van der Waals surface area contributed by atoms with E-state index < -0.39 is 12.1 Å². The van der Waals surface area contributed by atoms with Gasteiger partial charge in [0.1, 0.15) is 18.2 Å². The predicted octanol–water partition coefficient (Wildman–Crippen LogP) is 1.63. The number of rotatable bonds is 5. The van der Waals surface area contributed by atoms with E-state index in [0.717, 1.165) is 17.8 Å². The molecule has 0 bridgehead atoms. The highest BCUT2D eigenvalue weighted by molar-refractivity contribution is 5.95. The minimum absolute atomic E-state index is 0.0904. The van der Waals surface area contributed by atoms with Crippen LogP contribution < -0.4 is 9.80 Å². The van der Waals surface area contributed by atoms with Crippen molar-refractivity contribution in [3.63, 3.8) is 0 Å². The number of aryl methyl sites for hydroxylation is 2. The molecule has 0 saturated carbocycles. The number of hydrogen-bond donors (Lipinski definition) is 1. The SMILES string of the molecule is CCc1cnc(N2CCN(C(=O)c3ccc(N4C(=O)OCC4CO)nc3)CC2)c(C)c1. The third-order valence-electron chi connectivity index (χ3n) is 5.80. The Hall–Kier alpha value is -3.20. The van der Waals surface area contributed by atoms with E-state index in [0.29, 0.717) is 37.6 Å². The second-order valence-electron chi connectivity index (χ2n) is 7.81. The lowest BCUT2D eigenvalue weighted by atomic mass is 10.1. The van der Waals surface area contributed by atoms with Crippen LogP contribution >= 0.6 is 0 Å². The van der Waals surface area contributed by atoms with Crippen LogP contribution in [0.5, 0.6) is 0 Å². The zero-order chi connectivity index (χ0) is 22.0. The van der Waals surface area contributed by atoms with Gasteiger partial charge in [0.2, 0.25) is 0 Å². The van der Waals surface area contributed by atoms with Crippen LogP contribution in [0.1, 0.15) is 28.4 Å². The molecule has 2 amide bonds.